The largest absolute Gasteiger partial charge is 0.444 e. The molecule has 0 bridgehead atoms. The minimum absolute atomic E-state index is 0.0677. The first-order valence-corrected chi connectivity index (χ1v) is 5.54. The monoisotopic (exact) mass is 213 g/mol. The summed E-state index contributed by atoms with van der Waals surface area (Å²) in [5, 5.41) is 9.76. The zero-order valence-corrected chi connectivity index (χ0v) is 9.62. The lowest BCUT2D eigenvalue weighted by Gasteiger charge is -2.30. The maximum Gasteiger partial charge on any atom is 0.412 e. The quantitative estimate of drug-likeness (QED) is 0.668. The number of aliphatic hydroxyl groups is 1. The number of nitrogens with zero attached hydrogens (tertiary/aromatic N) is 1. The summed E-state index contributed by atoms with van der Waals surface area (Å²) < 4.78 is 5.29. The lowest BCUT2D eigenvalue weighted by atomic mass is 10.2. The number of rotatable bonds is 0. The van der Waals surface area contributed by atoms with E-state index in [0.717, 1.165) is 19.3 Å². The molecule has 4 heteroatoms. The maximum atomic E-state index is 11.9. The van der Waals surface area contributed by atoms with E-state index < -0.39 is 11.8 Å². The average Bonchev–Trinajstić information content (AvgIpc) is 2.70. The van der Waals surface area contributed by atoms with Gasteiger partial charge >= 0.3 is 6.09 Å². The van der Waals surface area contributed by atoms with Gasteiger partial charge < -0.3 is 9.84 Å². The number of likely N-dealkylation sites (tertiary alicyclic amines) is 1. The van der Waals surface area contributed by atoms with Crippen LogP contribution in [0.3, 0.4) is 0 Å². The molecular weight excluding hydrogens is 194 g/mol. The fraction of sp³-hybridized carbons (Fsp3) is 0.909. The highest BCUT2D eigenvalue weighted by atomic mass is 16.6. The minimum atomic E-state index is -0.651. The highest BCUT2D eigenvalue weighted by Gasteiger charge is 2.57. The van der Waals surface area contributed by atoms with Crippen molar-refractivity contribution in [3.8, 4) is 0 Å². The molecule has 1 amide bonds. The summed E-state index contributed by atoms with van der Waals surface area (Å²) >= 11 is 0. The highest BCUT2D eigenvalue weighted by molar-refractivity contribution is 5.70. The zero-order chi connectivity index (χ0) is 11.3. The van der Waals surface area contributed by atoms with Crippen molar-refractivity contribution in [3.05, 3.63) is 0 Å². The van der Waals surface area contributed by atoms with Gasteiger partial charge in [-0.15, -0.1) is 0 Å². The van der Waals surface area contributed by atoms with Gasteiger partial charge in [0.05, 0.1) is 0 Å². The van der Waals surface area contributed by atoms with Gasteiger partial charge in [-0.25, -0.2) is 4.79 Å². The van der Waals surface area contributed by atoms with Crippen LogP contribution in [0.4, 0.5) is 4.79 Å². The Labute approximate surface area is 90.2 Å². The normalized spacial score (nSPS) is 28.3. The van der Waals surface area contributed by atoms with E-state index in [2.05, 4.69) is 0 Å². The van der Waals surface area contributed by atoms with E-state index in [-0.39, 0.29) is 11.6 Å². The van der Waals surface area contributed by atoms with E-state index in [4.69, 9.17) is 4.74 Å². The van der Waals surface area contributed by atoms with Crippen LogP contribution in [0.5, 0.6) is 0 Å². The van der Waals surface area contributed by atoms with Crippen LogP contribution in [0.15, 0.2) is 0 Å². The number of ether oxygens (including phenoxy) is 1. The Bertz CT molecular complexity index is 278. The van der Waals surface area contributed by atoms with E-state index in [0.29, 0.717) is 6.42 Å². The number of hydrogen-bond donors (Lipinski definition) is 1. The van der Waals surface area contributed by atoms with Crippen molar-refractivity contribution in [2.75, 3.05) is 0 Å². The fourth-order valence-electron chi connectivity index (χ4n) is 2.23. The smallest absolute Gasteiger partial charge is 0.412 e. The molecule has 2 rings (SSSR count). The lowest BCUT2D eigenvalue weighted by molar-refractivity contribution is -0.0279. The van der Waals surface area contributed by atoms with Crippen LogP contribution in [0.1, 0.15) is 46.5 Å². The molecule has 0 aromatic carbocycles. The standard InChI is InChI=1S/C11H19NO3/c1-10(2,3)15-9(14)12-8(13)4-5-11(12)6-7-11/h8,13H,4-7H2,1-3H3. The lowest BCUT2D eigenvalue weighted by Crippen LogP contribution is -2.45. The summed E-state index contributed by atoms with van der Waals surface area (Å²) in [5.41, 5.74) is -0.558. The number of aliphatic hydroxyl groups excluding tert-OH is 1. The van der Waals surface area contributed by atoms with Crippen molar-refractivity contribution >= 4 is 6.09 Å². The van der Waals surface area contributed by atoms with E-state index in [1.807, 2.05) is 20.8 Å². The number of hydrogen-bond acceptors (Lipinski definition) is 3. The van der Waals surface area contributed by atoms with Gasteiger partial charge in [-0.1, -0.05) is 0 Å². The molecule has 15 heavy (non-hydrogen) atoms. The molecule has 1 spiro atoms. The van der Waals surface area contributed by atoms with Gasteiger partial charge in [-0.3, -0.25) is 4.90 Å². The van der Waals surface area contributed by atoms with E-state index >= 15 is 0 Å². The first-order chi connectivity index (χ1) is 6.84. The topological polar surface area (TPSA) is 49.8 Å². The summed E-state index contributed by atoms with van der Waals surface area (Å²) in [7, 11) is 0. The molecule has 1 unspecified atom stereocenters. The summed E-state index contributed by atoms with van der Waals surface area (Å²) in [4.78, 5) is 13.4. The third-order valence-corrected chi connectivity index (χ3v) is 3.09. The van der Waals surface area contributed by atoms with Gasteiger partial charge in [-0.05, 0) is 46.5 Å². The molecule has 1 atom stereocenters. The average molecular weight is 213 g/mol. The van der Waals surface area contributed by atoms with E-state index in [1.165, 1.54) is 4.90 Å². The van der Waals surface area contributed by atoms with Crippen LogP contribution >= 0.6 is 0 Å². The molecular formula is C11H19NO3. The molecule has 1 aliphatic heterocycles. The van der Waals surface area contributed by atoms with Crippen molar-refractivity contribution in [1.29, 1.82) is 0 Å². The van der Waals surface area contributed by atoms with Crippen molar-refractivity contribution < 1.29 is 14.6 Å². The Hall–Kier alpha value is -0.770. The third kappa shape index (κ3) is 1.95. The Balaban J connectivity index is 2.06. The van der Waals surface area contributed by atoms with E-state index in [9.17, 15) is 9.90 Å². The first-order valence-electron chi connectivity index (χ1n) is 5.54. The Morgan fingerprint density at radius 1 is 1.40 bits per heavy atom. The molecule has 86 valence electrons. The molecule has 1 saturated heterocycles. The van der Waals surface area contributed by atoms with Crippen LogP contribution in [0.2, 0.25) is 0 Å². The van der Waals surface area contributed by atoms with E-state index in [1.54, 1.807) is 0 Å². The van der Waals surface area contributed by atoms with Crippen molar-refractivity contribution in [1.82, 2.24) is 4.90 Å². The van der Waals surface area contributed by atoms with Gasteiger partial charge in [-0.2, -0.15) is 0 Å². The molecule has 0 aromatic heterocycles. The molecule has 2 fully saturated rings. The second-order valence-electron chi connectivity index (χ2n) is 5.59. The van der Waals surface area contributed by atoms with Crippen molar-refractivity contribution in [2.24, 2.45) is 0 Å². The first kappa shape index (κ1) is 10.7. The molecule has 1 N–H and O–H groups in total. The summed E-state index contributed by atoms with van der Waals surface area (Å²) in [5.74, 6) is 0. The Morgan fingerprint density at radius 2 is 2.00 bits per heavy atom. The van der Waals surface area contributed by atoms with Gasteiger partial charge in [0.25, 0.3) is 0 Å². The number of amides is 1. The number of carbonyl (C=O) groups is 1. The molecule has 2 aliphatic rings. The van der Waals surface area contributed by atoms with Crippen LogP contribution in [-0.2, 0) is 4.74 Å². The van der Waals surface area contributed by atoms with Crippen LogP contribution < -0.4 is 0 Å². The predicted octanol–water partition coefficient (Wildman–Crippen LogP) is 1.87. The Kier molecular flexibility index (Phi) is 2.23. The predicted molar refractivity (Wildman–Crippen MR) is 55.3 cm³/mol. The van der Waals surface area contributed by atoms with Gasteiger partial charge in [0.15, 0.2) is 0 Å². The molecule has 1 saturated carbocycles. The van der Waals surface area contributed by atoms with Crippen molar-refractivity contribution in [3.63, 3.8) is 0 Å². The summed E-state index contributed by atoms with van der Waals surface area (Å²) in [6.45, 7) is 5.52. The van der Waals surface area contributed by atoms with Crippen LogP contribution in [0, 0.1) is 0 Å². The van der Waals surface area contributed by atoms with Crippen molar-refractivity contribution in [2.45, 2.75) is 63.8 Å². The van der Waals surface area contributed by atoms with Gasteiger partial charge in [0.2, 0.25) is 0 Å². The molecule has 4 nitrogen and oxygen atoms in total. The maximum absolute atomic E-state index is 11.9. The third-order valence-electron chi connectivity index (χ3n) is 3.09. The van der Waals surface area contributed by atoms with Crippen LogP contribution in [0.25, 0.3) is 0 Å². The van der Waals surface area contributed by atoms with Crippen LogP contribution in [-0.4, -0.2) is 33.5 Å². The number of carbonyl (C=O) groups excluding carboxylic acids is 1. The molecule has 0 aromatic rings. The van der Waals surface area contributed by atoms with Gasteiger partial charge in [0.1, 0.15) is 11.8 Å². The zero-order valence-electron chi connectivity index (χ0n) is 9.62. The SMILES string of the molecule is CC(C)(C)OC(=O)N1C(O)CCC12CC2. The second-order valence-corrected chi connectivity index (χ2v) is 5.59. The summed E-state index contributed by atoms with van der Waals surface area (Å²) in [6.07, 6.45) is 2.58. The minimum Gasteiger partial charge on any atom is -0.444 e. The molecule has 1 heterocycles. The molecule has 0 radical (unpaired) electrons. The second kappa shape index (κ2) is 3.11. The fourth-order valence-corrected chi connectivity index (χ4v) is 2.23. The summed E-state index contributed by atoms with van der Waals surface area (Å²) in [6, 6.07) is 0. The Morgan fingerprint density at radius 3 is 2.47 bits per heavy atom. The van der Waals surface area contributed by atoms with Gasteiger partial charge in [0, 0.05) is 5.54 Å². The molecule has 1 aliphatic carbocycles. The highest BCUT2D eigenvalue weighted by Crippen LogP contribution is 2.51.